The summed E-state index contributed by atoms with van der Waals surface area (Å²) in [5, 5.41) is 0. The van der Waals surface area contributed by atoms with Crippen LogP contribution in [-0.2, 0) is 37.0 Å². The zero-order valence-electron chi connectivity index (χ0n) is 22.2. The fourth-order valence-electron chi connectivity index (χ4n) is 3.84. The third kappa shape index (κ3) is 8.63. The van der Waals surface area contributed by atoms with E-state index >= 15 is 0 Å². The number of hydrogen-bond donors (Lipinski definition) is 0. The number of nitrogens with zero attached hydrogens (tertiary/aromatic N) is 2. The van der Waals surface area contributed by atoms with Gasteiger partial charge in [-0.1, -0.05) is 88.4 Å². The summed E-state index contributed by atoms with van der Waals surface area (Å²) in [5.41, 5.74) is 1.59. The SMILES string of the molecule is CC(C)[C@@H](C(=O)OC(=O)[C@H](C(C)C)N(C)C(=O)OCc1ccccc1)N(C)C(=O)OCc1ccccc1. The summed E-state index contributed by atoms with van der Waals surface area (Å²) in [5.74, 6) is -2.56. The highest BCUT2D eigenvalue weighted by Crippen LogP contribution is 2.18. The number of amides is 2. The smallest absolute Gasteiger partial charge is 0.410 e. The molecule has 2 aromatic rings. The molecule has 0 radical (unpaired) electrons. The summed E-state index contributed by atoms with van der Waals surface area (Å²) < 4.78 is 15.8. The van der Waals surface area contributed by atoms with E-state index in [1.54, 1.807) is 27.7 Å². The second-order valence-corrected chi connectivity index (χ2v) is 9.42. The van der Waals surface area contributed by atoms with E-state index in [4.69, 9.17) is 14.2 Å². The van der Waals surface area contributed by atoms with Crippen molar-refractivity contribution in [3.8, 4) is 0 Å². The lowest BCUT2D eigenvalue weighted by Crippen LogP contribution is -2.51. The number of hydrogen-bond acceptors (Lipinski definition) is 7. The van der Waals surface area contributed by atoms with Crippen molar-refractivity contribution in [3.05, 3.63) is 71.8 Å². The third-order valence-electron chi connectivity index (χ3n) is 5.77. The molecular weight excluding hydrogens is 476 g/mol. The van der Waals surface area contributed by atoms with E-state index in [0.29, 0.717) is 0 Å². The summed E-state index contributed by atoms with van der Waals surface area (Å²) in [7, 11) is 2.83. The van der Waals surface area contributed by atoms with Crippen LogP contribution in [0, 0.1) is 11.8 Å². The minimum Gasteiger partial charge on any atom is -0.445 e. The molecule has 0 bridgehead atoms. The Morgan fingerprint density at radius 2 is 0.946 bits per heavy atom. The lowest BCUT2D eigenvalue weighted by Gasteiger charge is -2.31. The van der Waals surface area contributed by atoms with Crippen LogP contribution in [0.4, 0.5) is 9.59 Å². The predicted molar refractivity (Wildman–Crippen MR) is 137 cm³/mol. The molecule has 200 valence electrons. The number of rotatable bonds is 10. The van der Waals surface area contributed by atoms with Gasteiger partial charge in [0.2, 0.25) is 0 Å². The Morgan fingerprint density at radius 1 is 0.622 bits per heavy atom. The van der Waals surface area contributed by atoms with Crippen LogP contribution in [0.3, 0.4) is 0 Å². The minimum absolute atomic E-state index is 0.0358. The lowest BCUT2D eigenvalue weighted by atomic mass is 10.0. The fourth-order valence-corrected chi connectivity index (χ4v) is 3.84. The third-order valence-corrected chi connectivity index (χ3v) is 5.77. The van der Waals surface area contributed by atoms with Gasteiger partial charge in [0.1, 0.15) is 25.3 Å². The predicted octanol–water partition coefficient (Wildman–Crippen LogP) is 4.64. The number of esters is 2. The van der Waals surface area contributed by atoms with Gasteiger partial charge in [0, 0.05) is 14.1 Å². The highest BCUT2D eigenvalue weighted by molar-refractivity contribution is 5.93. The molecule has 0 fully saturated rings. The van der Waals surface area contributed by atoms with Crippen LogP contribution in [0.5, 0.6) is 0 Å². The van der Waals surface area contributed by atoms with Crippen molar-refractivity contribution in [2.75, 3.05) is 14.1 Å². The van der Waals surface area contributed by atoms with Gasteiger partial charge in [-0.15, -0.1) is 0 Å². The Morgan fingerprint density at radius 3 is 1.24 bits per heavy atom. The van der Waals surface area contributed by atoms with E-state index in [0.717, 1.165) is 20.9 Å². The molecule has 2 rings (SSSR count). The molecule has 0 aliphatic heterocycles. The fraction of sp³-hybridized carbons (Fsp3) is 0.429. The molecule has 0 spiro atoms. The van der Waals surface area contributed by atoms with Crippen LogP contribution >= 0.6 is 0 Å². The number of carbonyl (C=O) groups excluding carboxylic acids is 4. The first-order valence-corrected chi connectivity index (χ1v) is 12.2. The molecule has 9 heteroatoms. The summed E-state index contributed by atoms with van der Waals surface area (Å²) >= 11 is 0. The zero-order chi connectivity index (χ0) is 27.5. The Balaban J connectivity index is 2.03. The number of benzene rings is 2. The van der Waals surface area contributed by atoms with E-state index in [9.17, 15) is 19.2 Å². The van der Waals surface area contributed by atoms with Crippen LogP contribution in [0.15, 0.2) is 60.7 Å². The molecular formula is C28H36N2O7. The van der Waals surface area contributed by atoms with Gasteiger partial charge in [0.05, 0.1) is 0 Å². The van der Waals surface area contributed by atoms with Crippen molar-refractivity contribution in [2.24, 2.45) is 11.8 Å². The summed E-state index contributed by atoms with van der Waals surface area (Å²) in [6, 6.07) is 16.1. The van der Waals surface area contributed by atoms with Gasteiger partial charge in [0.15, 0.2) is 0 Å². The van der Waals surface area contributed by atoms with Crippen molar-refractivity contribution in [2.45, 2.75) is 53.0 Å². The Hall–Kier alpha value is -3.88. The van der Waals surface area contributed by atoms with Crippen molar-refractivity contribution < 1.29 is 33.4 Å². The topological polar surface area (TPSA) is 102 Å². The van der Waals surface area contributed by atoms with E-state index in [2.05, 4.69) is 0 Å². The quantitative estimate of drug-likeness (QED) is 0.260. The van der Waals surface area contributed by atoms with Crippen LogP contribution in [0.2, 0.25) is 0 Å². The number of likely N-dealkylation sites (N-methyl/N-ethyl adjacent to an activating group) is 2. The van der Waals surface area contributed by atoms with Gasteiger partial charge in [-0.05, 0) is 23.0 Å². The number of ether oxygens (including phenoxy) is 3. The standard InChI is InChI=1S/C28H36N2O7/c1-19(2)23(29(5)27(33)35-17-21-13-9-7-10-14-21)25(31)37-26(32)24(20(3)4)30(6)28(34)36-18-22-15-11-8-12-16-22/h7-16,19-20,23-24H,17-18H2,1-6H3/t23-,24-/m0/s1. The Labute approximate surface area is 218 Å². The van der Waals surface area contributed by atoms with Crippen molar-refractivity contribution >= 4 is 24.1 Å². The molecule has 0 saturated carbocycles. The average Bonchev–Trinajstić information content (AvgIpc) is 2.86. The minimum atomic E-state index is -1.07. The normalized spacial score (nSPS) is 12.4. The molecule has 0 aromatic heterocycles. The van der Waals surface area contributed by atoms with Gasteiger partial charge < -0.3 is 14.2 Å². The Kier molecular flexibility index (Phi) is 11.1. The molecule has 2 amide bonds. The molecule has 0 aliphatic rings. The molecule has 0 N–H and O–H groups in total. The molecule has 0 unspecified atom stereocenters. The van der Waals surface area contributed by atoms with Crippen LogP contribution in [-0.4, -0.2) is 60.1 Å². The first kappa shape index (κ1) is 29.4. The van der Waals surface area contributed by atoms with Crippen LogP contribution in [0.25, 0.3) is 0 Å². The summed E-state index contributed by atoms with van der Waals surface area (Å²) in [6.07, 6.45) is -1.46. The molecule has 0 saturated heterocycles. The molecule has 9 nitrogen and oxygen atoms in total. The molecule has 2 atom stereocenters. The highest BCUT2D eigenvalue weighted by Gasteiger charge is 2.38. The van der Waals surface area contributed by atoms with E-state index in [1.165, 1.54) is 14.1 Å². The van der Waals surface area contributed by atoms with Crippen molar-refractivity contribution in [1.29, 1.82) is 0 Å². The van der Waals surface area contributed by atoms with E-state index < -0.39 is 36.2 Å². The van der Waals surface area contributed by atoms with Crippen molar-refractivity contribution in [1.82, 2.24) is 9.80 Å². The van der Waals surface area contributed by atoms with Crippen LogP contribution < -0.4 is 0 Å². The zero-order valence-corrected chi connectivity index (χ0v) is 22.2. The Bertz CT molecular complexity index is 958. The summed E-state index contributed by atoms with van der Waals surface area (Å²) in [6.45, 7) is 6.98. The second-order valence-electron chi connectivity index (χ2n) is 9.42. The van der Waals surface area contributed by atoms with Gasteiger partial charge in [-0.25, -0.2) is 19.2 Å². The number of carbonyl (C=O) groups is 4. The van der Waals surface area contributed by atoms with Gasteiger partial charge in [-0.2, -0.15) is 0 Å². The molecule has 0 heterocycles. The van der Waals surface area contributed by atoms with Gasteiger partial charge in [-0.3, -0.25) is 9.80 Å². The highest BCUT2D eigenvalue weighted by atomic mass is 16.6. The lowest BCUT2D eigenvalue weighted by molar-refractivity contribution is -0.168. The van der Waals surface area contributed by atoms with Gasteiger partial charge >= 0.3 is 24.1 Å². The average molecular weight is 513 g/mol. The van der Waals surface area contributed by atoms with Gasteiger partial charge in [0.25, 0.3) is 0 Å². The maximum atomic E-state index is 13.0. The largest absolute Gasteiger partial charge is 0.445 e. The van der Waals surface area contributed by atoms with Crippen LogP contribution in [0.1, 0.15) is 38.8 Å². The maximum absolute atomic E-state index is 13.0. The monoisotopic (exact) mass is 512 g/mol. The molecule has 37 heavy (non-hydrogen) atoms. The van der Waals surface area contributed by atoms with E-state index in [1.807, 2.05) is 60.7 Å². The molecule has 2 aromatic carbocycles. The van der Waals surface area contributed by atoms with E-state index in [-0.39, 0.29) is 25.0 Å². The summed E-state index contributed by atoms with van der Waals surface area (Å²) in [4.78, 5) is 53.5. The maximum Gasteiger partial charge on any atom is 0.410 e. The first-order valence-electron chi connectivity index (χ1n) is 12.2. The van der Waals surface area contributed by atoms with Crippen molar-refractivity contribution in [3.63, 3.8) is 0 Å². The molecule has 0 aliphatic carbocycles. The first-order chi connectivity index (χ1) is 17.5. The second kappa shape index (κ2) is 14.0.